The number of nitrogens with zero attached hydrogens (tertiary/aromatic N) is 4. The second-order valence-electron chi connectivity index (χ2n) is 4.82. The molecule has 1 saturated heterocycles. The molecule has 3 N–H and O–H groups in total. The molecule has 1 aliphatic heterocycles. The highest BCUT2D eigenvalue weighted by Gasteiger charge is 2.21. The van der Waals surface area contributed by atoms with Crippen LogP contribution in [0.1, 0.15) is 18.5 Å². The van der Waals surface area contributed by atoms with Crippen LogP contribution in [0.4, 0.5) is 5.82 Å². The topological polar surface area (TPSA) is 82.1 Å². The molecule has 1 aliphatic rings. The van der Waals surface area contributed by atoms with Gasteiger partial charge < -0.3 is 15.5 Å². The maximum absolute atomic E-state index is 7.29. The number of rotatable bonds is 3. The fraction of sp³-hybridized carbons (Fsp3) is 0.583. The Kier molecular flexibility index (Phi) is 3.76. The van der Waals surface area contributed by atoms with Crippen LogP contribution in [-0.4, -0.2) is 53.9 Å². The van der Waals surface area contributed by atoms with Gasteiger partial charge in [0.1, 0.15) is 17.3 Å². The molecule has 0 aromatic carbocycles. The summed E-state index contributed by atoms with van der Waals surface area (Å²) in [5, 5.41) is 7.29. The Morgan fingerprint density at radius 1 is 1.39 bits per heavy atom. The molecule has 2 heterocycles. The Morgan fingerprint density at radius 3 is 2.56 bits per heavy atom. The number of piperidine rings is 1. The first-order valence-electron chi connectivity index (χ1n) is 6.15. The Labute approximate surface area is 107 Å². The van der Waals surface area contributed by atoms with E-state index in [4.69, 9.17) is 11.1 Å². The predicted molar refractivity (Wildman–Crippen MR) is 72.0 cm³/mol. The first kappa shape index (κ1) is 12.8. The molecule has 6 heteroatoms. The van der Waals surface area contributed by atoms with Gasteiger partial charge in [0.15, 0.2) is 0 Å². The molecular weight excluding hydrogens is 228 g/mol. The van der Waals surface area contributed by atoms with Gasteiger partial charge in [-0.2, -0.15) is 0 Å². The van der Waals surface area contributed by atoms with Crippen LogP contribution in [0.5, 0.6) is 0 Å². The zero-order valence-electron chi connectivity index (χ0n) is 10.9. The summed E-state index contributed by atoms with van der Waals surface area (Å²) < 4.78 is 0. The summed E-state index contributed by atoms with van der Waals surface area (Å²) in [6.45, 7) is 2.24. The number of hydrogen-bond donors (Lipinski definition) is 2. The molecule has 0 atom stereocenters. The Hall–Kier alpha value is -1.69. The molecule has 0 aliphatic carbocycles. The monoisotopic (exact) mass is 248 g/mol. The molecule has 1 aromatic heterocycles. The molecule has 0 amide bonds. The molecule has 98 valence electrons. The molecule has 0 radical (unpaired) electrons. The fourth-order valence-corrected chi connectivity index (χ4v) is 2.21. The third-order valence-corrected chi connectivity index (χ3v) is 3.51. The number of likely N-dealkylation sites (tertiary alicyclic amines) is 1. The van der Waals surface area contributed by atoms with Crippen molar-refractivity contribution in [1.29, 1.82) is 5.41 Å². The zero-order chi connectivity index (χ0) is 13.1. The minimum absolute atomic E-state index is 0.0454. The average Bonchev–Trinajstić information content (AvgIpc) is 2.39. The minimum Gasteiger partial charge on any atom is -0.382 e. The average molecular weight is 248 g/mol. The lowest BCUT2D eigenvalue weighted by Crippen LogP contribution is -2.42. The van der Waals surface area contributed by atoms with E-state index in [0.29, 0.717) is 11.7 Å². The highest BCUT2D eigenvalue weighted by atomic mass is 15.2. The lowest BCUT2D eigenvalue weighted by molar-refractivity contribution is 0.252. The lowest BCUT2D eigenvalue weighted by atomic mass is 10.0. The van der Waals surface area contributed by atoms with Crippen molar-refractivity contribution in [2.45, 2.75) is 18.9 Å². The molecule has 0 saturated carbocycles. The Bertz CT molecular complexity index is 407. The van der Waals surface area contributed by atoms with Crippen molar-refractivity contribution >= 4 is 11.7 Å². The Balaban J connectivity index is 2.04. The number of aromatic nitrogens is 2. The van der Waals surface area contributed by atoms with Crippen molar-refractivity contribution in [3.8, 4) is 0 Å². The summed E-state index contributed by atoms with van der Waals surface area (Å²) in [4.78, 5) is 13.0. The number of nitrogens with one attached hydrogen (secondary N) is 1. The number of anilines is 1. The van der Waals surface area contributed by atoms with Crippen LogP contribution < -0.4 is 10.6 Å². The summed E-state index contributed by atoms with van der Waals surface area (Å²) >= 11 is 0. The van der Waals surface area contributed by atoms with E-state index in [-0.39, 0.29) is 5.84 Å². The Morgan fingerprint density at radius 2 is 2.06 bits per heavy atom. The quantitative estimate of drug-likeness (QED) is 0.593. The highest BCUT2D eigenvalue weighted by Crippen LogP contribution is 2.19. The van der Waals surface area contributed by atoms with Gasteiger partial charge in [0.05, 0.1) is 12.4 Å². The van der Waals surface area contributed by atoms with Gasteiger partial charge in [-0.15, -0.1) is 0 Å². The molecular formula is C12H20N6. The molecule has 0 unspecified atom stereocenters. The van der Waals surface area contributed by atoms with Crippen LogP contribution in [0.3, 0.4) is 0 Å². The van der Waals surface area contributed by atoms with Crippen LogP contribution in [0, 0.1) is 5.41 Å². The maximum Gasteiger partial charge on any atom is 0.147 e. The minimum atomic E-state index is -0.0454. The molecule has 2 rings (SSSR count). The van der Waals surface area contributed by atoms with Crippen molar-refractivity contribution in [3.05, 3.63) is 18.1 Å². The van der Waals surface area contributed by atoms with Gasteiger partial charge in [-0.25, -0.2) is 9.97 Å². The van der Waals surface area contributed by atoms with E-state index >= 15 is 0 Å². The van der Waals surface area contributed by atoms with Gasteiger partial charge >= 0.3 is 0 Å². The summed E-state index contributed by atoms with van der Waals surface area (Å²) in [7, 11) is 4.20. The van der Waals surface area contributed by atoms with E-state index in [0.717, 1.165) is 31.7 Å². The molecule has 1 fully saturated rings. The van der Waals surface area contributed by atoms with E-state index in [2.05, 4.69) is 26.8 Å². The second-order valence-corrected chi connectivity index (χ2v) is 4.82. The smallest absolute Gasteiger partial charge is 0.147 e. The van der Waals surface area contributed by atoms with Crippen molar-refractivity contribution < 1.29 is 0 Å². The SMILES string of the molecule is CN1CCC(N(C)c2cnc(C(=N)N)cn2)CC1. The van der Waals surface area contributed by atoms with Gasteiger partial charge in [-0.1, -0.05) is 0 Å². The van der Waals surface area contributed by atoms with Gasteiger partial charge in [-0.05, 0) is 33.0 Å². The predicted octanol–water partition coefficient (Wildman–Crippen LogP) is 0.291. The third kappa shape index (κ3) is 2.76. The fourth-order valence-electron chi connectivity index (χ4n) is 2.21. The molecule has 6 nitrogen and oxygen atoms in total. The lowest BCUT2D eigenvalue weighted by Gasteiger charge is -2.35. The number of nitrogen functional groups attached to an aromatic ring is 1. The largest absolute Gasteiger partial charge is 0.382 e. The van der Waals surface area contributed by atoms with E-state index in [1.54, 1.807) is 12.4 Å². The molecule has 0 bridgehead atoms. The van der Waals surface area contributed by atoms with E-state index < -0.39 is 0 Å². The van der Waals surface area contributed by atoms with Crippen LogP contribution in [-0.2, 0) is 0 Å². The maximum atomic E-state index is 7.29. The molecule has 1 aromatic rings. The summed E-state index contributed by atoms with van der Waals surface area (Å²) in [6.07, 6.45) is 5.53. The summed E-state index contributed by atoms with van der Waals surface area (Å²) in [5.74, 6) is 0.797. The van der Waals surface area contributed by atoms with E-state index in [9.17, 15) is 0 Å². The number of amidine groups is 1. The van der Waals surface area contributed by atoms with Crippen LogP contribution in [0.25, 0.3) is 0 Å². The highest BCUT2D eigenvalue weighted by molar-refractivity contribution is 5.92. The van der Waals surface area contributed by atoms with E-state index in [1.165, 1.54) is 0 Å². The third-order valence-electron chi connectivity index (χ3n) is 3.51. The van der Waals surface area contributed by atoms with Crippen LogP contribution in [0.15, 0.2) is 12.4 Å². The normalized spacial score (nSPS) is 17.7. The first-order chi connectivity index (χ1) is 8.58. The van der Waals surface area contributed by atoms with Gasteiger partial charge in [0, 0.05) is 13.1 Å². The molecule has 18 heavy (non-hydrogen) atoms. The van der Waals surface area contributed by atoms with Crippen molar-refractivity contribution in [1.82, 2.24) is 14.9 Å². The van der Waals surface area contributed by atoms with Crippen molar-refractivity contribution in [2.75, 3.05) is 32.1 Å². The second kappa shape index (κ2) is 5.30. The first-order valence-corrected chi connectivity index (χ1v) is 6.15. The van der Waals surface area contributed by atoms with E-state index in [1.807, 2.05) is 7.05 Å². The van der Waals surface area contributed by atoms with Crippen LogP contribution >= 0.6 is 0 Å². The van der Waals surface area contributed by atoms with Crippen molar-refractivity contribution in [2.24, 2.45) is 5.73 Å². The van der Waals surface area contributed by atoms with Crippen LogP contribution in [0.2, 0.25) is 0 Å². The van der Waals surface area contributed by atoms with Gasteiger partial charge in [-0.3, -0.25) is 5.41 Å². The van der Waals surface area contributed by atoms with Crippen molar-refractivity contribution in [3.63, 3.8) is 0 Å². The zero-order valence-corrected chi connectivity index (χ0v) is 10.9. The van der Waals surface area contributed by atoms with Gasteiger partial charge in [0.2, 0.25) is 0 Å². The summed E-state index contributed by atoms with van der Waals surface area (Å²) in [6, 6.07) is 0.513. The number of hydrogen-bond acceptors (Lipinski definition) is 5. The summed E-state index contributed by atoms with van der Waals surface area (Å²) in [5.41, 5.74) is 5.79. The standard InChI is InChI=1S/C12H20N6/c1-17-5-3-9(4-6-17)18(2)11-8-15-10(7-16-11)12(13)14/h7-9H,3-6H2,1-2H3,(H3,13,14). The molecule has 0 spiro atoms. The number of nitrogens with two attached hydrogens (primary N) is 1. The van der Waals surface area contributed by atoms with Gasteiger partial charge in [0.25, 0.3) is 0 Å².